The minimum atomic E-state index is -0.805. The summed E-state index contributed by atoms with van der Waals surface area (Å²) in [4.78, 5) is 24.9. The van der Waals surface area contributed by atoms with Gasteiger partial charge in [-0.25, -0.2) is 0 Å². The van der Waals surface area contributed by atoms with Crippen molar-refractivity contribution in [2.75, 3.05) is 11.9 Å². The molecular weight excluding hydrogens is 358 g/mol. The number of primary amides is 1. The number of nitrogens with zero attached hydrogens (tertiary/aromatic N) is 3. The summed E-state index contributed by atoms with van der Waals surface area (Å²) in [5, 5.41) is 11.2. The van der Waals surface area contributed by atoms with Crippen LogP contribution in [0.25, 0.3) is 5.69 Å². The summed E-state index contributed by atoms with van der Waals surface area (Å²) in [5.74, 6) is -0.873. The zero-order valence-corrected chi connectivity index (χ0v) is 14.2. The maximum Gasteiger partial charge on any atom is 0.273 e. The van der Waals surface area contributed by atoms with Crippen molar-refractivity contribution in [2.45, 2.75) is 0 Å². The lowest BCUT2D eigenvalue weighted by atomic mass is 10.3. The number of carbonyl (C=O) groups is 2. The normalized spacial score (nSPS) is 10.3. The van der Waals surface area contributed by atoms with Crippen LogP contribution < -0.4 is 15.8 Å². The van der Waals surface area contributed by atoms with Gasteiger partial charge in [0.05, 0.1) is 5.69 Å². The molecule has 0 unspecified atom stereocenters. The van der Waals surface area contributed by atoms with Crippen LogP contribution in [0.1, 0.15) is 10.5 Å². The number of benzene rings is 2. The molecule has 2 aromatic carbocycles. The average molecular weight is 372 g/mol. The number of para-hydroxylation sites is 1. The Bertz CT molecular complexity index is 925. The van der Waals surface area contributed by atoms with Crippen LogP contribution in [0.5, 0.6) is 5.75 Å². The lowest BCUT2D eigenvalue weighted by molar-refractivity contribution is -0.118. The van der Waals surface area contributed by atoms with E-state index in [1.807, 2.05) is 6.07 Å². The number of carbonyl (C=O) groups excluding carboxylic acids is 2. The second-order valence-corrected chi connectivity index (χ2v) is 5.61. The van der Waals surface area contributed by atoms with Gasteiger partial charge in [-0.3, -0.25) is 9.59 Å². The van der Waals surface area contributed by atoms with E-state index in [4.69, 9.17) is 22.1 Å². The van der Waals surface area contributed by atoms with E-state index >= 15 is 0 Å². The quantitative estimate of drug-likeness (QED) is 0.688. The van der Waals surface area contributed by atoms with Gasteiger partial charge in [-0.15, -0.1) is 15.0 Å². The molecule has 0 spiro atoms. The Labute approximate surface area is 153 Å². The summed E-state index contributed by atoms with van der Waals surface area (Å²) < 4.78 is 5.34. The Morgan fingerprint density at radius 1 is 1.08 bits per heavy atom. The number of amides is 2. The van der Waals surface area contributed by atoms with Gasteiger partial charge in [-0.05, 0) is 36.4 Å². The monoisotopic (exact) mass is 371 g/mol. The van der Waals surface area contributed by atoms with Crippen molar-refractivity contribution in [3.8, 4) is 11.4 Å². The molecule has 1 aromatic heterocycles. The number of nitrogens with one attached hydrogen (secondary N) is 1. The lowest BCUT2D eigenvalue weighted by Gasteiger charge is -2.06. The Hall–Kier alpha value is -3.39. The fraction of sp³-hybridized carbons (Fsp3) is 0.0588. The van der Waals surface area contributed by atoms with E-state index in [9.17, 15) is 9.59 Å². The summed E-state index contributed by atoms with van der Waals surface area (Å²) in [7, 11) is 0. The van der Waals surface area contributed by atoms with Crippen molar-refractivity contribution in [1.29, 1.82) is 0 Å². The van der Waals surface area contributed by atoms with E-state index in [2.05, 4.69) is 15.5 Å². The topological polar surface area (TPSA) is 112 Å². The summed E-state index contributed by atoms with van der Waals surface area (Å²) in [5.41, 5.74) is 5.78. The molecule has 0 bridgehead atoms. The Morgan fingerprint density at radius 3 is 2.42 bits per heavy atom. The minimum Gasteiger partial charge on any atom is -0.484 e. The van der Waals surface area contributed by atoms with Crippen molar-refractivity contribution in [3.05, 3.63) is 65.3 Å². The van der Waals surface area contributed by atoms with E-state index in [0.717, 1.165) is 0 Å². The number of anilines is 1. The summed E-state index contributed by atoms with van der Waals surface area (Å²) in [6.07, 6.45) is 0. The third kappa shape index (κ3) is 4.17. The van der Waals surface area contributed by atoms with Gasteiger partial charge < -0.3 is 15.8 Å². The number of rotatable bonds is 6. The lowest BCUT2D eigenvalue weighted by Crippen LogP contribution is -2.23. The van der Waals surface area contributed by atoms with Gasteiger partial charge in [-0.1, -0.05) is 29.8 Å². The first-order chi connectivity index (χ1) is 12.5. The molecule has 8 nitrogen and oxygen atoms in total. The molecule has 3 rings (SSSR count). The largest absolute Gasteiger partial charge is 0.484 e. The highest BCUT2D eigenvalue weighted by atomic mass is 35.5. The number of hydrogen-bond acceptors (Lipinski definition) is 5. The third-order valence-electron chi connectivity index (χ3n) is 3.28. The second-order valence-electron chi connectivity index (χ2n) is 5.18. The first-order valence-electron chi connectivity index (χ1n) is 7.54. The average Bonchev–Trinajstić information content (AvgIpc) is 3.06. The maximum absolute atomic E-state index is 12.1. The van der Waals surface area contributed by atoms with Crippen LogP contribution in [0, 0.1) is 0 Å². The molecule has 0 radical (unpaired) electrons. The molecule has 9 heteroatoms. The fourth-order valence-electron chi connectivity index (χ4n) is 2.08. The van der Waals surface area contributed by atoms with Crippen molar-refractivity contribution >= 4 is 29.2 Å². The van der Waals surface area contributed by atoms with Crippen molar-refractivity contribution in [2.24, 2.45) is 5.73 Å². The van der Waals surface area contributed by atoms with Gasteiger partial charge in [0, 0.05) is 5.02 Å². The standard InChI is InChI=1S/C17H14ClN5O3/c18-11-6-8-13(9-7-11)26-10-14(24)20-17-15(16(19)25)21-23(22-17)12-4-2-1-3-5-12/h1-9H,10H2,(H2,19,25)(H,20,22,24). The van der Waals surface area contributed by atoms with Crippen LogP contribution >= 0.6 is 11.6 Å². The van der Waals surface area contributed by atoms with Gasteiger partial charge >= 0.3 is 0 Å². The molecule has 3 N–H and O–H groups in total. The molecule has 1 heterocycles. The van der Waals surface area contributed by atoms with Gasteiger partial charge in [0.2, 0.25) is 0 Å². The van der Waals surface area contributed by atoms with Gasteiger partial charge in [0.15, 0.2) is 18.1 Å². The predicted molar refractivity (Wildman–Crippen MR) is 95.5 cm³/mol. The van der Waals surface area contributed by atoms with E-state index in [1.54, 1.807) is 48.5 Å². The maximum atomic E-state index is 12.1. The smallest absolute Gasteiger partial charge is 0.273 e. The molecule has 0 aliphatic carbocycles. The molecule has 132 valence electrons. The summed E-state index contributed by atoms with van der Waals surface area (Å²) in [6.45, 7) is -0.280. The van der Waals surface area contributed by atoms with Crippen LogP contribution in [0.4, 0.5) is 5.82 Å². The molecule has 3 aromatic rings. The summed E-state index contributed by atoms with van der Waals surface area (Å²) in [6, 6.07) is 15.5. The molecule has 0 atom stereocenters. The molecular formula is C17H14ClN5O3. The van der Waals surface area contributed by atoms with Crippen molar-refractivity contribution < 1.29 is 14.3 Å². The van der Waals surface area contributed by atoms with Gasteiger partial charge in [0.1, 0.15) is 5.75 Å². The zero-order chi connectivity index (χ0) is 18.5. The molecule has 0 saturated heterocycles. The van der Waals surface area contributed by atoms with Crippen LogP contribution in [0.2, 0.25) is 5.02 Å². The van der Waals surface area contributed by atoms with Gasteiger partial charge in [-0.2, -0.15) is 0 Å². The van der Waals surface area contributed by atoms with E-state index in [1.165, 1.54) is 4.80 Å². The summed E-state index contributed by atoms with van der Waals surface area (Å²) >= 11 is 5.79. The molecule has 26 heavy (non-hydrogen) atoms. The Balaban J connectivity index is 1.71. The number of nitrogens with two attached hydrogens (primary N) is 1. The molecule has 2 amide bonds. The number of hydrogen-bond donors (Lipinski definition) is 2. The van der Waals surface area contributed by atoms with Crippen LogP contribution in [-0.4, -0.2) is 33.4 Å². The fourth-order valence-corrected chi connectivity index (χ4v) is 2.21. The van der Waals surface area contributed by atoms with Crippen LogP contribution in [0.15, 0.2) is 54.6 Å². The van der Waals surface area contributed by atoms with Crippen LogP contribution in [-0.2, 0) is 4.79 Å². The van der Waals surface area contributed by atoms with Crippen LogP contribution in [0.3, 0.4) is 0 Å². The third-order valence-corrected chi connectivity index (χ3v) is 3.53. The van der Waals surface area contributed by atoms with Crippen molar-refractivity contribution in [1.82, 2.24) is 15.0 Å². The molecule has 0 aliphatic heterocycles. The molecule has 0 fully saturated rings. The van der Waals surface area contributed by atoms with Crippen molar-refractivity contribution in [3.63, 3.8) is 0 Å². The Morgan fingerprint density at radius 2 is 1.77 bits per heavy atom. The minimum absolute atomic E-state index is 0.0361. The van der Waals surface area contributed by atoms with E-state index < -0.39 is 11.8 Å². The van der Waals surface area contributed by atoms with E-state index in [0.29, 0.717) is 16.5 Å². The highest BCUT2D eigenvalue weighted by Crippen LogP contribution is 2.16. The first-order valence-corrected chi connectivity index (χ1v) is 7.91. The number of halogens is 1. The SMILES string of the molecule is NC(=O)c1nn(-c2ccccc2)nc1NC(=O)COc1ccc(Cl)cc1. The predicted octanol–water partition coefficient (Wildman–Crippen LogP) is 2.04. The highest BCUT2D eigenvalue weighted by Gasteiger charge is 2.19. The zero-order valence-electron chi connectivity index (χ0n) is 13.4. The highest BCUT2D eigenvalue weighted by molar-refractivity contribution is 6.30. The molecule has 0 aliphatic rings. The van der Waals surface area contributed by atoms with E-state index in [-0.39, 0.29) is 18.1 Å². The second kappa shape index (κ2) is 7.66. The molecule has 0 saturated carbocycles. The Kier molecular flexibility index (Phi) is 5.14. The van der Waals surface area contributed by atoms with Gasteiger partial charge in [0.25, 0.3) is 11.8 Å². The number of ether oxygens (including phenoxy) is 1. The number of aromatic nitrogens is 3. The first kappa shape index (κ1) is 17.4.